The highest BCUT2D eigenvalue weighted by molar-refractivity contribution is 5.89. The number of anilines is 1. The highest BCUT2D eigenvalue weighted by Gasteiger charge is 2.10. The van der Waals surface area contributed by atoms with Crippen molar-refractivity contribution in [2.45, 2.75) is 0 Å². The van der Waals surface area contributed by atoms with Crippen LogP contribution in [0, 0.1) is 0 Å². The first kappa shape index (κ1) is 15.6. The molecule has 0 spiro atoms. The first-order valence-corrected chi connectivity index (χ1v) is 5.95. The first-order valence-electron chi connectivity index (χ1n) is 5.95. The molecule has 3 N–H and O–H groups in total. The van der Waals surface area contributed by atoms with Gasteiger partial charge in [0.25, 0.3) is 0 Å². The van der Waals surface area contributed by atoms with E-state index in [2.05, 4.69) is 20.2 Å². The van der Waals surface area contributed by atoms with Gasteiger partial charge in [0.1, 0.15) is 5.82 Å². The topological polar surface area (TPSA) is 116 Å². The van der Waals surface area contributed by atoms with Gasteiger partial charge in [0.05, 0.1) is 6.20 Å². The molecule has 2 rings (SSSR count). The van der Waals surface area contributed by atoms with Gasteiger partial charge in [-0.3, -0.25) is 4.98 Å². The highest BCUT2D eigenvalue weighted by Crippen LogP contribution is 2.07. The lowest BCUT2D eigenvalue weighted by atomic mass is 10.4. The van der Waals surface area contributed by atoms with Gasteiger partial charge in [0.15, 0.2) is 0 Å². The van der Waals surface area contributed by atoms with E-state index in [4.69, 9.17) is 10.2 Å². The van der Waals surface area contributed by atoms with Gasteiger partial charge in [-0.1, -0.05) is 0 Å². The Hall–Kier alpha value is -2.48. The zero-order chi connectivity index (χ0) is 14.8. The van der Waals surface area contributed by atoms with Gasteiger partial charge in [0, 0.05) is 50.7 Å². The van der Waals surface area contributed by atoms with Crippen molar-refractivity contribution in [3.8, 4) is 0 Å². The quantitative estimate of drug-likeness (QED) is 0.640. The number of nitrogens with one attached hydrogen (secondary N) is 1. The number of piperazine rings is 1. The molecule has 20 heavy (non-hydrogen) atoms. The van der Waals surface area contributed by atoms with Crippen molar-refractivity contribution in [1.82, 2.24) is 15.3 Å². The summed E-state index contributed by atoms with van der Waals surface area (Å²) in [5, 5.41) is 18.9. The minimum atomic E-state index is -1.26. The summed E-state index contributed by atoms with van der Waals surface area (Å²) in [5.41, 5.74) is 0. The maximum atomic E-state index is 9.55. The fraction of sp³-hybridized carbons (Fsp3) is 0.333. The molecule has 8 heteroatoms. The smallest absolute Gasteiger partial charge is 0.328 e. The normalized spacial score (nSPS) is 14.5. The second kappa shape index (κ2) is 8.59. The van der Waals surface area contributed by atoms with Crippen LogP contribution in [0.15, 0.2) is 30.7 Å². The summed E-state index contributed by atoms with van der Waals surface area (Å²) in [4.78, 5) is 29.6. The summed E-state index contributed by atoms with van der Waals surface area (Å²) in [6, 6.07) is 0. The minimum Gasteiger partial charge on any atom is -0.478 e. The van der Waals surface area contributed by atoms with E-state index in [1.807, 2.05) is 6.20 Å². The van der Waals surface area contributed by atoms with Crippen LogP contribution in [0.5, 0.6) is 0 Å². The number of hydrogen-bond acceptors (Lipinski definition) is 6. The Labute approximate surface area is 115 Å². The molecule has 1 saturated heterocycles. The molecule has 1 fully saturated rings. The molecule has 1 aromatic heterocycles. The van der Waals surface area contributed by atoms with Gasteiger partial charge < -0.3 is 20.4 Å². The zero-order valence-electron chi connectivity index (χ0n) is 10.8. The fourth-order valence-electron chi connectivity index (χ4n) is 1.49. The summed E-state index contributed by atoms with van der Waals surface area (Å²) in [6.07, 6.45) is 6.36. The summed E-state index contributed by atoms with van der Waals surface area (Å²) in [6.45, 7) is 4.13. The molecule has 1 aliphatic heterocycles. The van der Waals surface area contributed by atoms with E-state index >= 15 is 0 Å². The zero-order valence-corrected chi connectivity index (χ0v) is 10.8. The van der Waals surface area contributed by atoms with Gasteiger partial charge in [-0.25, -0.2) is 14.6 Å². The lowest BCUT2D eigenvalue weighted by Gasteiger charge is -2.27. The number of carbonyl (C=O) groups is 2. The average molecular weight is 280 g/mol. The number of nitrogens with zero attached hydrogens (tertiary/aromatic N) is 3. The SMILES string of the molecule is O=C(O)/C=C/C(=O)O.c1cnc(N2CCNCC2)cn1. The molecule has 0 unspecified atom stereocenters. The van der Waals surface area contributed by atoms with E-state index in [-0.39, 0.29) is 0 Å². The monoisotopic (exact) mass is 280 g/mol. The molecule has 0 saturated carbocycles. The summed E-state index contributed by atoms with van der Waals surface area (Å²) in [5.74, 6) is -1.53. The third kappa shape index (κ3) is 6.45. The molecule has 0 bridgehead atoms. The van der Waals surface area contributed by atoms with E-state index in [0.717, 1.165) is 32.0 Å². The Kier molecular flexibility index (Phi) is 6.69. The third-order valence-electron chi connectivity index (χ3n) is 2.36. The van der Waals surface area contributed by atoms with E-state index in [1.54, 1.807) is 12.4 Å². The van der Waals surface area contributed by atoms with E-state index in [9.17, 15) is 9.59 Å². The van der Waals surface area contributed by atoms with Crippen LogP contribution in [0.1, 0.15) is 0 Å². The first-order chi connectivity index (χ1) is 9.59. The predicted molar refractivity (Wildman–Crippen MR) is 71.5 cm³/mol. The minimum absolute atomic E-state index is 0.558. The van der Waals surface area contributed by atoms with Crippen molar-refractivity contribution in [2.75, 3.05) is 31.1 Å². The van der Waals surface area contributed by atoms with Crippen molar-refractivity contribution < 1.29 is 19.8 Å². The number of aromatic nitrogens is 2. The number of carboxylic acid groups (broad SMARTS) is 2. The van der Waals surface area contributed by atoms with Crippen molar-refractivity contribution in [2.24, 2.45) is 0 Å². The number of aliphatic carboxylic acids is 2. The molecule has 0 aromatic carbocycles. The molecular formula is C12H16N4O4. The van der Waals surface area contributed by atoms with Gasteiger partial charge in [-0.2, -0.15) is 0 Å². The molecule has 0 aliphatic carbocycles. The van der Waals surface area contributed by atoms with Crippen LogP contribution >= 0.6 is 0 Å². The maximum absolute atomic E-state index is 9.55. The Balaban J connectivity index is 0.000000221. The van der Waals surface area contributed by atoms with Gasteiger partial charge in [-0.15, -0.1) is 0 Å². The third-order valence-corrected chi connectivity index (χ3v) is 2.36. The van der Waals surface area contributed by atoms with Crippen molar-refractivity contribution in [3.63, 3.8) is 0 Å². The van der Waals surface area contributed by atoms with Crippen LogP contribution in [0.3, 0.4) is 0 Å². The predicted octanol–water partition coefficient (Wildman–Crippen LogP) is -0.402. The van der Waals surface area contributed by atoms with Crippen LogP contribution in [-0.2, 0) is 9.59 Å². The van der Waals surface area contributed by atoms with Crippen LogP contribution < -0.4 is 10.2 Å². The van der Waals surface area contributed by atoms with Crippen molar-refractivity contribution in [1.29, 1.82) is 0 Å². The van der Waals surface area contributed by atoms with E-state index in [1.165, 1.54) is 0 Å². The van der Waals surface area contributed by atoms with Crippen molar-refractivity contribution in [3.05, 3.63) is 30.7 Å². The Morgan fingerprint density at radius 3 is 2.20 bits per heavy atom. The second-order valence-corrected chi connectivity index (χ2v) is 3.81. The lowest BCUT2D eigenvalue weighted by Crippen LogP contribution is -2.43. The van der Waals surface area contributed by atoms with E-state index < -0.39 is 11.9 Å². The molecule has 1 aromatic rings. The number of hydrogen-bond donors (Lipinski definition) is 3. The largest absolute Gasteiger partial charge is 0.478 e. The molecule has 1 aliphatic rings. The van der Waals surface area contributed by atoms with Crippen molar-refractivity contribution >= 4 is 17.8 Å². The van der Waals surface area contributed by atoms with E-state index in [0.29, 0.717) is 12.2 Å². The fourth-order valence-corrected chi connectivity index (χ4v) is 1.49. The number of rotatable bonds is 3. The Morgan fingerprint density at radius 2 is 1.75 bits per heavy atom. The highest BCUT2D eigenvalue weighted by atomic mass is 16.4. The van der Waals surface area contributed by atoms with Crippen LogP contribution in [-0.4, -0.2) is 58.3 Å². The molecule has 0 amide bonds. The summed E-state index contributed by atoms with van der Waals surface area (Å²) in [7, 11) is 0. The summed E-state index contributed by atoms with van der Waals surface area (Å²) >= 11 is 0. The summed E-state index contributed by atoms with van der Waals surface area (Å²) < 4.78 is 0. The average Bonchev–Trinajstić information content (AvgIpc) is 2.48. The molecular weight excluding hydrogens is 264 g/mol. The lowest BCUT2D eigenvalue weighted by molar-refractivity contribution is -0.134. The number of carboxylic acids is 2. The van der Waals surface area contributed by atoms with Gasteiger partial charge >= 0.3 is 11.9 Å². The van der Waals surface area contributed by atoms with Crippen LogP contribution in [0.25, 0.3) is 0 Å². The Bertz CT molecular complexity index is 442. The van der Waals surface area contributed by atoms with Crippen LogP contribution in [0.2, 0.25) is 0 Å². The van der Waals surface area contributed by atoms with Gasteiger partial charge in [-0.05, 0) is 0 Å². The molecule has 8 nitrogen and oxygen atoms in total. The standard InChI is InChI=1S/C8H12N4.C4H4O4/c1-2-11-8(7-10-1)12-5-3-9-4-6-12;5-3(6)1-2-4(7)8/h1-2,7,9H,3-6H2;1-2H,(H,5,6)(H,7,8)/b;2-1+. The molecule has 0 atom stereocenters. The molecule has 2 heterocycles. The van der Waals surface area contributed by atoms with Crippen LogP contribution in [0.4, 0.5) is 5.82 Å². The Morgan fingerprint density at radius 1 is 1.15 bits per heavy atom. The maximum Gasteiger partial charge on any atom is 0.328 e. The van der Waals surface area contributed by atoms with Gasteiger partial charge in [0.2, 0.25) is 0 Å². The molecule has 108 valence electrons. The second-order valence-electron chi connectivity index (χ2n) is 3.81. The molecule has 0 radical (unpaired) electrons.